The SMILES string of the molecule is CC(=O)c1c(C)n(CCOc2ccccc2F)c2ccccc12. The molecule has 1 aromatic heterocycles. The first-order valence-electron chi connectivity index (χ1n) is 7.55. The van der Waals surface area contributed by atoms with Crippen molar-refractivity contribution in [2.75, 3.05) is 6.61 Å². The van der Waals surface area contributed by atoms with Crippen molar-refractivity contribution in [2.45, 2.75) is 20.4 Å². The number of ketones is 1. The molecule has 0 fully saturated rings. The molecule has 23 heavy (non-hydrogen) atoms. The van der Waals surface area contributed by atoms with Gasteiger partial charge in [-0.05, 0) is 32.0 Å². The van der Waals surface area contributed by atoms with Crippen LogP contribution in [0.3, 0.4) is 0 Å². The molecule has 0 atom stereocenters. The smallest absolute Gasteiger partial charge is 0.165 e. The fourth-order valence-corrected chi connectivity index (χ4v) is 2.97. The number of hydrogen-bond acceptors (Lipinski definition) is 2. The van der Waals surface area contributed by atoms with Crippen LogP contribution in [0, 0.1) is 12.7 Å². The van der Waals surface area contributed by atoms with Gasteiger partial charge < -0.3 is 9.30 Å². The van der Waals surface area contributed by atoms with Crippen molar-refractivity contribution in [1.29, 1.82) is 0 Å². The maximum absolute atomic E-state index is 13.6. The number of hydrogen-bond donors (Lipinski definition) is 0. The number of carbonyl (C=O) groups is 1. The van der Waals surface area contributed by atoms with Gasteiger partial charge >= 0.3 is 0 Å². The lowest BCUT2D eigenvalue weighted by Crippen LogP contribution is -2.10. The molecule has 0 spiro atoms. The van der Waals surface area contributed by atoms with Crippen LogP contribution in [0.2, 0.25) is 0 Å². The minimum atomic E-state index is -0.369. The van der Waals surface area contributed by atoms with Crippen molar-refractivity contribution in [3.8, 4) is 5.75 Å². The number of aromatic nitrogens is 1. The topological polar surface area (TPSA) is 31.2 Å². The van der Waals surface area contributed by atoms with Crippen LogP contribution in [0.25, 0.3) is 10.9 Å². The van der Waals surface area contributed by atoms with Gasteiger partial charge in [0.25, 0.3) is 0 Å². The van der Waals surface area contributed by atoms with Crippen LogP contribution in [-0.2, 0) is 6.54 Å². The number of nitrogens with zero attached hydrogens (tertiary/aromatic N) is 1. The second-order valence-electron chi connectivity index (χ2n) is 5.46. The molecule has 4 heteroatoms. The van der Waals surface area contributed by atoms with Gasteiger partial charge in [-0.3, -0.25) is 4.79 Å². The first-order chi connectivity index (χ1) is 11.1. The first-order valence-corrected chi connectivity index (χ1v) is 7.55. The Bertz CT molecular complexity index is 867. The Hall–Kier alpha value is -2.62. The van der Waals surface area contributed by atoms with Gasteiger partial charge in [0.1, 0.15) is 6.61 Å². The van der Waals surface area contributed by atoms with Gasteiger partial charge in [0.2, 0.25) is 0 Å². The van der Waals surface area contributed by atoms with Crippen LogP contribution in [0.5, 0.6) is 5.75 Å². The predicted octanol–water partition coefficient (Wildman–Crippen LogP) is 4.37. The number of para-hydroxylation sites is 2. The minimum absolute atomic E-state index is 0.0486. The highest BCUT2D eigenvalue weighted by molar-refractivity contribution is 6.08. The van der Waals surface area contributed by atoms with E-state index in [-0.39, 0.29) is 17.3 Å². The van der Waals surface area contributed by atoms with E-state index in [4.69, 9.17) is 4.74 Å². The number of benzene rings is 2. The zero-order chi connectivity index (χ0) is 16.4. The summed E-state index contributed by atoms with van der Waals surface area (Å²) in [5.74, 6) is -0.0770. The summed E-state index contributed by atoms with van der Waals surface area (Å²) >= 11 is 0. The first kappa shape index (κ1) is 15.3. The van der Waals surface area contributed by atoms with Gasteiger partial charge in [0, 0.05) is 22.2 Å². The molecule has 0 saturated heterocycles. The van der Waals surface area contributed by atoms with E-state index < -0.39 is 0 Å². The van der Waals surface area contributed by atoms with E-state index in [1.165, 1.54) is 6.07 Å². The van der Waals surface area contributed by atoms with Crippen molar-refractivity contribution in [1.82, 2.24) is 4.57 Å². The fourth-order valence-electron chi connectivity index (χ4n) is 2.97. The number of rotatable bonds is 5. The summed E-state index contributed by atoms with van der Waals surface area (Å²) in [7, 11) is 0. The quantitative estimate of drug-likeness (QED) is 0.655. The van der Waals surface area contributed by atoms with Crippen molar-refractivity contribution in [2.24, 2.45) is 0 Å². The molecule has 3 aromatic rings. The van der Waals surface area contributed by atoms with Gasteiger partial charge in [-0.2, -0.15) is 0 Å². The van der Waals surface area contributed by atoms with Gasteiger partial charge in [-0.1, -0.05) is 30.3 Å². The zero-order valence-corrected chi connectivity index (χ0v) is 13.2. The molecular weight excluding hydrogens is 293 g/mol. The lowest BCUT2D eigenvalue weighted by atomic mass is 10.1. The van der Waals surface area contributed by atoms with Crippen molar-refractivity contribution < 1.29 is 13.9 Å². The van der Waals surface area contributed by atoms with Crippen LogP contribution in [0.15, 0.2) is 48.5 Å². The molecule has 0 aliphatic rings. The van der Waals surface area contributed by atoms with Crippen LogP contribution < -0.4 is 4.74 Å². The molecule has 0 unspecified atom stereocenters. The lowest BCUT2D eigenvalue weighted by molar-refractivity contribution is 0.101. The number of fused-ring (bicyclic) bond motifs is 1. The zero-order valence-electron chi connectivity index (χ0n) is 13.2. The predicted molar refractivity (Wildman–Crippen MR) is 88.6 cm³/mol. The standard InChI is InChI=1S/C19H18FNO2/c1-13-19(14(2)22)15-7-3-5-9-17(15)21(13)11-12-23-18-10-6-4-8-16(18)20/h3-10H,11-12H2,1-2H3. The van der Waals surface area contributed by atoms with Crippen molar-refractivity contribution >= 4 is 16.7 Å². The molecule has 0 aliphatic heterocycles. The summed E-state index contributed by atoms with van der Waals surface area (Å²) in [5.41, 5.74) is 2.65. The average molecular weight is 311 g/mol. The molecule has 2 aromatic carbocycles. The van der Waals surface area contributed by atoms with Crippen LogP contribution in [-0.4, -0.2) is 17.0 Å². The lowest BCUT2D eigenvalue weighted by Gasteiger charge is -2.11. The van der Waals surface area contributed by atoms with E-state index in [1.807, 2.05) is 35.8 Å². The number of Topliss-reactive ketones (excluding diaryl/α,β-unsaturated/α-hetero) is 1. The van der Waals surface area contributed by atoms with E-state index in [0.29, 0.717) is 13.2 Å². The van der Waals surface area contributed by atoms with Gasteiger partial charge in [-0.25, -0.2) is 4.39 Å². The summed E-state index contributed by atoms with van der Waals surface area (Å²) in [4.78, 5) is 11.9. The average Bonchev–Trinajstić information content (AvgIpc) is 2.81. The minimum Gasteiger partial charge on any atom is -0.489 e. The molecule has 0 bridgehead atoms. The van der Waals surface area contributed by atoms with E-state index in [9.17, 15) is 9.18 Å². The summed E-state index contributed by atoms with van der Waals surface area (Å²) in [6.07, 6.45) is 0. The third-order valence-electron chi connectivity index (χ3n) is 3.99. The number of carbonyl (C=O) groups excluding carboxylic acids is 1. The highest BCUT2D eigenvalue weighted by Gasteiger charge is 2.16. The molecule has 1 heterocycles. The molecule has 118 valence electrons. The second-order valence-corrected chi connectivity index (χ2v) is 5.46. The second kappa shape index (κ2) is 6.24. The van der Waals surface area contributed by atoms with E-state index in [0.717, 1.165) is 22.2 Å². The normalized spacial score (nSPS) is 10.9. The third-order valence-corrected chi connectivity index (χ3v) is 3.99. The molecule has 0 amide bonds. The molecule has 3 rings (SSSR count). The largest absolute Gasteiger partial charge is 0.489 e. The van der Waals surface area contributed by atoms with Gasteiger partial charge in [-0.15, -0.1) is 0 Å². The fraction of sp³-hybridized carbons (Fsp3) is 0.211. The molecule has 0 radical (unpaired) electrons. The van der Waals surface area contributed by atoms with Crippen molar-refractivity contribution in [3.63, 3.8) is 0 Å². The summed E-state index contributed by atoms with van der Waals surface area (Å²) in [5, 5.41) is 0.948. The van der Waals surface area contributed by atoms with E-state index >= 15 is 0 Å². The summed E-state index contributed by atoms with van der Waals surface area (Å²) in [6, 6.07) is 14.2. The van der Waals surface area contributed by atoms with Gasteiger partial charge in [0.15, 0.2) is 17.3 Å². The van der Waals surface area contributed by atoms with Gasteiger partial charge in [0.05, 0.1) is 6.54 Å². The van der Waals surface area contributed by atoms with Crippen LogP contribution >= 0.6 is 0 Å². The molecule has 0 N–H and O–H groups in total. The maximum atomic E-state index is 13.6. The molecule has 0 aliphatic carbocycles. The highest BCUT2D eigenvalue weighted by atomic mass is 19.1. The van der Waals surface area contributed by atoms with E-state index in [1.54, 1.807) is 25.1 Å². The van der Waals surface area contributed by atoms with Crippen molar-refractivity contribution in [3.05, 3.63) is 65.6 Å². The number of halogens is 1. The Morgan fingerprint density at radius 3 is 2.57 bits per heavy atom. The van der Waals surface area contributed by atoms with Crippen LogP contribution in [0.1, 0.15) is 23.0 Å². The Balaban J connectivity index is 1.87. The van der Waals surface area contributed by atoms with E-state index in [2.05, 4.69) is 0 Å². The third kappa shape index (κ3) is 2.84. The monoisotopic (exact) mass is 311 g/mol. The molecule has 0 saturated carbocycles. The highest BCUT2D eigenvalue weighted by Crippen LogP contribution is 2.26. The Labute approximate surface area is 134 Å². The summed E-state index contributed by atoms with van der Waals surface area (Å²) < 4.78 is 21.2. The molecular formula is C19H18FNO2. The Morgan fingerprint density at radius 1 is 1.13 bits per heavy atom. The Kier molecular flexibility index (Phi) is 4.15. The van der Waals surface area contributed by atoms with Crippen LogP contribution in [0.4, 0.5) is 4.39 Å². The number of ether oxygens (including phenoxy) is 1. The maximum Gasteiger partial charge on any atom is 0.165 e. The summed E-state index contributed by atoms with van der Waals surface area (Å²) in [6.45, 7) is 4.39. The molecule has 3 nitrogen and oxygen atoms in total. The Morgan fingerprint density at radius 2 is 1.83 bits per heavy atom.